The topological polar surface area (TPSA) is 103 Å². The normalized spacial score (nSPS) is 19.6. The fourth-order valence-corrected chi connectivity index (χ4v) is 5.55. The van der Waals surface area contributed by atoms with Gasteiger partial charge in [0.15, 0.2) is 5.96 Å². The van der Waals surface area contributed by atoms with Gasteiger partial charge in [-0.15, -0.1) is 24.0 Å². The van der Waals surface area contributed by atoms with E-state index in [-0.39, 0.29) is 41.9 Å². The van der Waals surface area contributed by atoms with Gasteiger partial charge in [-0.3, -0.25) is 4.99 Å². The number of thioether (sulfide) groups is 1. The van der Waals surface area contributed by atoms with E-state index in [2.05, 4.69) is 15.6 Å². The molecule has 2 fully saturated rings. The zero-order valence-corrected chi connectivity index (χ0v) is 20.5. The number of halogens is 1. The maximum atomic E-state index is 12.4. The molecule has 0 aromatic rings. The SMILES string of the molecule is CCOC(=O)N1CCC(NC(=NC)NCCS(=O)(=O)N2CCSCC2)CC1.I. The molecule has 0 aromatic heterocycles. The molecule has 2 aliphatic rings. The lowest BCUT2D eigenvalue weighted by Crippen LogP contribution is -2.50. The molecule has 12 heteroatoms. The first kappa shape index (κ1) is 25.6. The van der Waals surface area contributed by atoms with E-state index in [1.807, 2.05) is 0 Å². The average molecular weight is 550 g/mol. The van der Waals surface area contributed by atoms with Crippen molar-refractivity contribution in [3.63, 3.8) is 0 Å². The van der Waals surface area contributed by atoms with Gasteiger partial charge in [0.05, 0.1) is 12.4 Å². The van der Waals surface area contributed by atoms with Crippen LogP contribution in [0.4, 0.5) is 4.79 Å². The molecule has 1 amide bonds. The maximum absolute atomic E-state index is 12.4. The molecule has 0 spiro atoms. The third-order valence-corrected chi connectivity index (χ3v) is 7.42. The highest BCUT2D eigenvalue weighted by molar-refractivity contribution is 14.0. The van der Waals surface area contributed by atoms with Crippen molar-refractivity contribution in [2.24, 2.45) is 4.99 Å². The van der Waals surface area contributed by atoms with Gasteiger partial charge in [-0.1, -0.05) is 0 Å². The zero-order chi connectivity index (χ0) is 19.7. The highest BCUT2D eigenvalue weighted by Gasteiger charge is 2.25. The van der Waals surface area contributed by atoms with Crippen LogP contribution in [-0.4, -0.2) is 99.4 Å². The minimum atomic E-state index is -3.23. The van der Waals surface area contributed by atoms with Crippen LogP contribution in [0.15, 0.2) is 4.99 Å². The first-order chi connectivity index (χ1) is 13.0. The summed E-state index contributed by atoms with van der Waals surface area (Å²) in [6, 6.07) is 0.192. The molecule has 9 nitrogen and oxygen atoms in total. The molecule has 2 rings (SSSR count). The Kier molecular flexibility index (Phi) is 11.8. The Morgan fingerprint density at radius 2 is 1.86 bits per heavy atom. The summed E-state index contributed by atoms with van der Waals surface area (Å²) in [5.41, 5.74) is 0. The van der Waals surface area contributed by atoms with Gasteiger partial charge >= 0.3 is 6.09 Å². The second kappa shape index (κ2) is 13.0. The van der Waals surface area contributed by atoms with Gasteiger partial charge in [-0.25, -0.2) is 17.5 Å². The number of likely N-dealkylation sites (tertiary alicyclic amines) is 1. The summed E-state index contributed by atoms with van der Waals surface area (Å²) in [7, 11) is -1.56. The Morgan fingerprint density at radius 1 is 1.21 bits per heavy atom. The molecular formula is C16H32IN5O4S2. The number of hydrogen-bond donors (Lipinski definition) is 2. The lowest BCUT2D eigenvalue weighted by Gasteiger charge is -2.32. The van der Waals surface area contributed by atoms with E-state index in [0.717, 1.165) is 24.3 Å². The number of ether oxygens (including phenoxy) is 1. The minimum absolute atomic E-state index is 0. The van der Waals surface area contributed by atoms with Crippen molar-refractivity contribution >= 4 is 57.8 Å². The van der Waals surface area contributed by atoms with Crippen molar-refractivity contribution in [1.29, 1.82) is 0 Å². The molecule has 2 heterocycles. The number of aliphatic imine (C=N–C) groups is 1. The fraction of sp³-hybridized carbons (Fsp3) is 0.875. The molecule has 2 saturated heterocycles. The van der Waals surface area contributed by atoms with E-state index >= 15 is 0 Å². The third kappa shape index (κ3) is 8.11. The lowest BCUT2D eigenvalue weighted by molar-refractivity contribution is 0.0963. The van der Waals surface area contributed by atoms with Crippen molar-refractivity contribution in [2.75, 3.05) is 63.6 Å². The van der Waals surface area contributed by atoms with E-state index in [9.17, 15) is 13.2 Å². The van der Waals surface area contributed by atoms with E-state index in [1.54, 1.807) is 34.9 Å². The Morgan fingerprint density at radius 3 is 2.43 bits per heavy atom. The Hall–Kier alpha value is -0.470. The van der Waals surface area contributed by atoms with Crippen LogP contribution in [0.3, 0.4) is 0 Å². The second-order valence-electron chi connectivity index (χ2n) is 6.43. The number of nitrogens with one attached hydrogen (secondary N) is 2. The molecule has 0 saturated carbocycles. The van der Waals surface area contributed by atoms with Crippen LogP contribution >= 0.6 is 35.7 Å². The van der Waals surface area contributed by atoms with E-state index < -0.39 is 10.0 Å². The Balaban J connectivity index is 0.00000392. The molecule has 164 valence electrons. The van der Waals surface area contributed by atoms with Gasteiger partial charge in [0.2, 0.25) is 10.0 Å². The summed E-state index contributed by atoms with van der Waals surface area (Å²) in [6.07, 6.45) is 1.33. The summed E-state index contributed by atoms with van der Waals surface area (Å²) >= 11 is 1.79. The number of sulfonamides is 1. The average Bonchev–Trinajstić information content (AvgIpc) is 2.68. The molecule has 28 heavy (non-hydrogen) atoms. The van der Waals surface area contributed by atoms with E-state index in [4.69, 9.17) is 4.74 Å². The number of carbonyl (C=O) groups excluding carboxylic acids is 1. The summed E-state index contributed by atoms with van der Waals surface area (Å²) < 4.78 is 31.3. The summed E-state index contributed by atoms with van der Waals surface area (Å²) in [6.45, 7) is 4.95. The van der Waals surface area contributed by atoms with Crippen LogP contribution in [0.5, 0.6) is 0 Å². The molecule has 2 aliphatic heterocycles. The number of nitrogens with zero attached hydrogens (tertiary/aromatic N) is 3. The third-order valence-electron chi connectivity index (χ3n) is 4.60. The number of hydrogen-bond acceptors (Lipinski definition) is 6. The molecular weight excluding hydrogens is 517 g/mol. The van der Waals surface area contributed by atoms with Gasteiger partial charge in [0, 0.05) is 57.3 Å². The molecule has 0 aromatic carbocycles. The maximum Gasteiger partial charge on any atom is 0.409 e. The number of rotatable bonds is 6. The zero-order valence-electron chi connectivity index (χ0n) is 16.6. The number of piperidine rings is 1. The van der Waals surface area contributed by atoms with Gasteiger partial charge < -0.3 is 20.3 Å². The van der Waals surface area contributed by atoms with Crippen LogP contribution in [0.2, 0.25) is 0 Å². The van der Waals surface area contributed by atoms with Crippen LogP contribution in [0.25, 0.3) is 0 Å². The van der Waals surface area contributed by atoms with Gasteiger partial charge in [0.25, 0.3) is 0 Å². The molecule has 0 atom stereocenters. The van der Waals surface area contributed by atoms with Crippen LogP contribution in [0.1, 0.15) is 19.8 Å². The summed E-state index contributed by atoms with van der Waals surface area (Å²) in [5.74, 6) is 2.37. The number of amides is 1. The fourth-order valence-electron chi connectivity index (χ4n) is 3.06. The first-order valence-electron chi connectivity index (χ1n) is 9.40. The highest BCUT2D eigenvalue weighted by Crippen LogP contribution is 2.13. The van der Waals surface area contributed by atoms with E-state index in [1.165, 1.54) is 0 Å². The van der Waals surface area contributed by atoms with Crippen molar-refractivity contribution in [2.45, 2.75) is 25.8 Å². The quantitative estimate of drug-likeness (QED) is 0.287. The van der Waals surface area contributed by atoms with Crippen molar-refractivity contribution in [1.82, 2.24) is 19.8 Å². The van der Waals surface area contributed by atoms with Crippen LogP contribution < -0.4 is 10.6 Å². The van der Waals surface area contributed by atoms with Gasteiger partial charge in [-0.2, -0.15) is 11.8 Å². The smallest absolute Gasteiger partial charge is 0.409 e. The number of carbonyl (C=O) groups is 1. The molecule has 0 radical (unpaired) electrons. The molecule has 0 aliphatic carbocycles. The van der Waals surface area contributed by atoms with Crippen molar-refractivity contribution in [3.05, 3.63) is 0 Å². The largest absolute Gasteiger partial charge is 0.450 e. The predicted octanol–water partition coefficient (Wildman–Crippen LogP) is 0.769. The summed E-state index contributed by atoms with van der Waals surface area (Å²) in [4.78, 5) is 17.6. The van der Waals surface area contributed by atoms with Crippen molar-refractivity contribution < 1.29 is 17.9 Å². The van der Waals surface area contributed by atoms with Gasteiger partial charge in [0.1, 0.15) is 0 Å². The minimum Gasteiger partial charge on any atom is -0.450 e. The monoisotopic (exact) mass is 549 g/mol. The molecule has 2 N–H and O–H groups in total. The van der Waals surface area contributed by atoms with Crippen LogP contribution in [-0.2, 0) is 14.8 Å². The Labute approximate surface area is 189 Å². The standard InChI is InChI=1S/C16H31N5O4S2.HI/c1-3-25-16(22)20-7-4-14(5-8-20)19-15(17-2)18-6-13-27(23,24)21-9-11-26-12-10-21;/h14H,3-13H2,1-2H3,(H2,17,18,19);1H. The number of guanidine groups is 1. The Bertz CT molecular complexity index is 606. The summed E-state index contributed by atoms with van der Waals surface area (Å²) in [5, 5.41) is 6.40. The van der Waals surface area contributed by atoms with E-state index in [0.29, 0.717) is 45.3 Å². The lowest BCUT2D eigenvalue weighted by atomic mass is 10.1. The first-order valence-corrected chi connectivity index (χ1v) is 12.2. The molecule has 0 bridgehead atoms. The van der Waals surface area contributed by atoms with Crippen molar-refractivity contribution in [3.8, 4) is 0 Å². The molecule has 0 unspecified atom stereocenters. The second-order valence-corrected chi connectivity index (χ2v) is 9.74. The van der Waals surface area contributed by atoms with Gasteiger partial charge in [-0.05, 0) is 19.8 Å². The highest BCUT2D eigenvalue weighted by atomic mass is 127. The predicted molar refractivity (Wildman–Crippen MR) is 124 cm³/mol. The van der Waals surface area contributed by atoms with Crippen LogP contribution in [0, 0.1) is 0 Å².